The Morgan fingerprint density at radius 2 is 2.00 bits per heavy atom. The van der Waals surface area contributed by atoms with Crippen LogP contribution in [0, 0.1) is 0 Å². The summed E-state index contributed by atoms with van der Waals surface area (Å²) in [5, 5.41) is 21.2. The van der Waals surface area contributed by atoms with Crippen molar-refractivity contribution in [2.75, 3.05) is 12.4 Å². The number of phenolic OH excluding ortho intramolecular Hbond substituents is 1. The molecule has 0 aliphatic carbocycles. The van der Waals surface area contributed by atoms with Gasteiger partial charge >= 0.3 is 5.97 Å². The third-order valence-corrected chi connectivity index (χ3v) is 2.75. The highest BCUT2D eigenvalue weighted by Crippen LogP contribution is 2.24. The largest absolute Gasteiger partial charge is 0.507 e. The number of aromatic hydroxyl groups is 1. The van der Waals surface area contributed by atoms with Gasteiger partial charge in [-0.25, -0.2) is 4.79 Å². The zero-order chi connectivity index (χ0) is 15.4. The van der Waals surface area contributed by atoms with Crippen LogP contribution in [0.1, 0.15) is 20.7 Å². The van der Waals surface area contributed by atoms with Crippen LogP contribution in [-0.4, -0.2) is 34.2 Å². The molecule has 7 heteroatoms. The number of phenols is 1. The fourth-order valence-electron chi connectivity index (χ4n) is 1.70. The highest BCUT2D eigenvalue weighted by atomic mass is 16.5. The molecule has 1 amide bonds. The average molecular weight is 288 g/mol. The predicted molar refractivity (Wildman–Crippen MR) is 73.8 cm³/mol. The fourth-order valence-corrected chi connectivity index (χ4v) is 1.70. The number of nitrogens with one attached hydrogen (secondary N) is 1. The third kappa shape index (κ3) is 3.08. The average Bonchev–Trinajstić information content (AvgIpc) is 2.47. The third-order valence-electron chi connectivity index (χ3n) is 2.75. The van der Waals surface area contributed by atoms with Crippen molar-refractivity contribution >= 4 is 17.6 Å². The number of carbonyl (C=O) groups excluding carboxylic acids is 1. The number of methoxy groups -OCH3 is 1. The maximum Gasteiger partial charge on any atom is 0.337 e. The molecule has 0 unspecified atom stereocenters. The summed E-state index contributed by atoms with van der Waals surface area (Å²) in [7, 11) is 1.43. The number of amides is 1. The molecule has 0 atom stereocenters. The molecule has 0 fully saturated rings. The first-order valence-electron chi connectivity index (χ1n) is 5.88. The number of carboxylic acids is 1. The summed E-state index contributed by atoms with van der Waals surface area (Å²) in [4.78, 5) is 26.9. The first-order chi connectivity index (χ1) is 10.0. The van der Waals surface area contributed by atoms with Crippen molar-refractivity contribution in [2.45, 2.75) is 0 Å². The Balaban J connectivity index is 2.28. The van der Waals surface area contributed by atoms with Gasteiger partial charge in [0.05, 0.1) is 30.1 Å². The molecule has 7 nitrogen and oxygen atoms in total. The van der Waals surface area contributed by atoms with Gasteiger partial charge in [-0.15, -0.1) is 0 Å². The molecule has 0 saturated carbocycles. The van der Waals surface area contributed by atoms with Gasteiger partial charge in [0.25, 0.3) is 5.91 Å². The summed E-state index contributed by atoms with van der Waals surface area (Å²) in [6.07, 6.45) is 2.53. The van der Waals surface area contributed by atoms with Crippen LogP contribution in [0.15, 0.2) is 36.7 Å². The smallest absolute Gasteiger partial charge is 0.337 e. The summed E-state index contributed by atoms with van der Waals surface area (Å²) in [6.45, 7) is 0. The number of nitrogens with zero attached hydrogens (tertiary/aromatic N) is 1. The lowest BCUT2D eigenvalue weighted by molar-refractivity contribution is 0.0698. The molecule has 0 bridgehead atoms. The van der Waals surface area contributed by atoms with E-state index in [0.29, 0.717) is 5.75 Å². The van der Waals surface area contributed by atoms with Crippen LogP contribution in [0.25, 0.3) is 0 Å². The Bertz CT molecular complexity index is 700. The molecule has 0 radical (unpaired) electrons. The van der Waals surface area contributed by atoms with Gasteiger partial charge in [-0.05, 0) is 18.2 Å². The monoisotopic (exact) mass is 288 g/mol. The lowest BCUT2D eigenvalue weighted by Gasteiger charge is -2.09. The second-order valence-corrected chi connectivity index (χ2v) is 4.06. The fraction of sp³-hybridized carbons (Fsp3) is 0.0714. The standard InChI is InChI=1S/C14H12N2O5/c1-21-8-2-3-10(12(17)6-8)13(18)16-11-7-15-5-4-9(11)14(19)20/h2-7,17H,1H3,(H,16,18)(H,19,20). The molecular formula is C14H12N2O5. The normalized spacial score (nSPS) is 9.95. The molecular weight excluding hydrogens is 276 g/mol. The molecule has 2 rings (SSSR count). The Labute approximate surface area is 119 Å². The summed E-state index contributed by atoms with van der Waals surface area (Å²) in [6, 6.07) is 5.44. The van der Waals surface area contributed by atoms with E-state index in [2.05, 4.69) is 10.3 Å². The van der Waals surface area contributed by atoms with Crippen LogP contribution in [0.4, 0.5) is 5.69 Å². The number of benzene rings is 1. The van der Waals surface area contributed by atoms with Crippen molar-refractivity contribution in [1.82, 2.24) is 4.98 Å². The second kappa shape index (κ2) is 5.91. The van der Waals surface area contributed by atoms with Gasteiger partial charge < -0.3 is 20.3 Å². The molecule has 1 aromatic carbocycles. The molecule has 2 aromatic rings. The van der Waals surface area contributed by atoms with Gasteiger partial charge in [-0.3, -0.25) is 9.78 Å². The zero-order valence-corrected chi connectivity index (χ0v) is 11.0. The second-order valence-electron chi connectivity index (χ2n) is 4.06. The molecule has 3 N–H and O–H groups in total. The number of aromatic carboxylic acids is 1. The van der Waals surface area contributed by atoms with Crippen molar-refractivity contribution in [2.24, 2.45) is 0 Å². The van der Waals surface area contributed by atoms with E-state index in [1.54, 1.807) is 0 Å². The van der Waals surface area contributed by atoms with E-state index in [1.807, 2.05) is 0 Å². The van der Waals surface area contributed by atoms with E-state index < -0.39 is 11.9 Å². The number of ether oxygens (including phenoxy) is 1. The minimum atomic E-state index is -1.19. The molecule has 1 heterocycles. The van der Waals surface area contributed by atoms with E-state index in [1.165, 1.54) is 43.8 Å². The van der Waals surface area contributed by atoms with Crippen molar-refractivity contribution in [3.05, 3.63) is 47.8 Å². The number of hydrogen-bond donors (Lipinski definition) is 3. The Morgan fingerprint density at radius 3 is 2.62 bits per heavy atom. The molecule has 21 heavy (non-hydrogen) atoms. The van der Waals surface area contributed by atoms with Crippen LogP contribution in [0.3, 0.4) is 0 Å². The first-order valence-corrected chi connectivity index (χ1v) is 5.88. The van der Waals surface area contributed by atoms with E-state index in [4.69, 9.17) is 9.84 Å². The van der Waals surface area contributed by atoms with E-state index >= 15 is 0 Å². The number of hydrogen-bond acceptors (Lipinski definition) is 5. The Morgan fingerprint density at radius 1 is 1.24 bits per heavy atom. The van der Waals surface area contributed by atoms with Gasteiger partial charge in [-0.2, -0.15) is 0 Å². The van der Waals surface area contributed by atoms with Crippen molar-refractivity contribution in [3.8, 4) is 11.5 Å². The lowest BCUT2D eigenvalue weighted by atomic mass is 10.1. The maximum absolute atomic E-state index is 12.1. The topological polar surface area (TPSA) is 109 Å². The van der Waals surface area contributed by atoms with E-state index in [9.17, 15) is 14.7 Å². The number of pyridine rings is 1. The zero-order valence-electron chi connectivity index (χ0n) is 11.0. The Kier molecular flexibility index (Phi) is 4.03. The minimum Gasteiger partial charge on any atom is -0.507 e. The molecule has 0 aliphatic heterocycles. The van der Waals surface area contributed by atoms with Crippen molar-refractivity contribution < 1.29 is 24.5 Å². The van der Waals surface area contributed by atoms with Crippen molar-refractivity contribution in [1.29, 1.82) is 0 Å². The van der Waals surface area contributed by atoms with Gasteiger partial charge in [-0.1, -0.05) is 0 Å². The van der Waals surface area contributed by atoms with Crippen LogP contribution in [0.5, 0.6) is 11.5 Å². The summed E-state index contributed by atoms with van der Waals surface area (Å²) in [5.41, 5.74) is -0.0486. The molecule has 0 spiro atoms. The lowest BCUT2D eigenvalue weighted by Crippen LogP contribution is -2.15. The SMILES string of the molecule is COc1ccc(C(=O)Nc2cnccc2C(=O)O)c(O)c1. The highest BCUT2D eigenvalue weighted by molar-refractivity contribution is 6.09. The highest BCUT2D eigenvalue weighted by Gasteiger charge is 2.16. The van der Waals surface area contributed by atoms with Gasteiger partial charge in [0.2, 0.25) is 0 Å². The van der Waals surface area contributed by atoms with Gasteiger partial charge in [0.1, 0.15) is 11.5 Å². The van der Waals surface area contributed by atoms with Crippen LogP contribution >= 0.6 is 0 Å². The maximum atomic E-state index is 12.1. The number of carboxylic acid groups (broad SMARTS) is 1. The quantitative estimate of drug-likeness (QED) is 0.790. The summed E-state index contributed by atoms with van der Waals surface area (Å²) < 4.78 is 4.92. The summed E-state index contributed by atoms with van der Waals surface area (Å²) in [5.74, 6) is -1.71. The predicted octanol–water partition coefficient (Wildman–Crippen LogP) is 1.75. The van der Waals surface area contributed by atoms with Crippen LogP contribution < -0.4 is 10.1 Å². The van der Waals surface area contributed by atoms with E-state index in [-0.39, 0.29) is 22.6 Å². The first kappa shape index (κ1) is 14.3. The number of aromatic nitrogens is 1. The number of rotatable bonds is 4. The number of carbonyl (C=O) groups is 2. The molecule has 108 valence electrons. The van der Waals surface area contributed by atoms with Gasteiger partial charge in [0.15, 0.2) is 0 Å². The van der Waals surface area contributed by atoms with Crippen LogP contribution in [-0.2, 0) is 0 Å². The van der Waals surface area contributed by atoms with Crippen LogP contribution in [0.2, 0.25) is 0 Å². The molecule has 0 aliphatic rings. The Hall–Kier alpha value is -3.09. The molecule has 1 aromatic heterocycles. The minimum absolute atomic E-state index is 0.00371. The number of anilines is 1. The van der Waals surface area contributed by atoms with E-state index in [0.717, 1.165) is 0 Å². The summed E-state index contributed by atoms with van der Waals surface area (Å²) >= 11 is 0. The van der Waals surface area contributed by atoms with Crippen molar-refractivity contribution in [3.63, 3.8) is 0 Å². The molecule has 0 saturated heterocycles. The van der Waals surface area contributed by atoms with Gasteiger partial charge in [0, 0.05) is 12.3 Å².